The average molecular weight is 502 g/mol. The van der Waals surface area contributed by atoms with Gasteiger partial charge in [-0.2, -0.15) is 4.31 Å². The minimum absolute atomic E-state index is 0.162. The number of imidazole rings is 1. The van der Waals surface area contributed by atoms with Gasteiger partial charge in [-0.15, -0.1) is 0 Å². The van der Waals surface area contributed by atoms with Crippen LogP contribution in [0.3, 0.4) is 0 Å². The van der Waals surface area contributed by atoms with E-state index in [1.54, 1.807) is 28.2 Å². The molecule has 0 radical (unpaired) electrons. The molecule has 0 saturated carbocycles. The molecular weight excluding hydrogens is 470 g/mol. The van der Waals surface area contributed by atoms with E-state index < -0.39 is 10.0 Å². The van der Waals surface area contributed by atoms with Crippen LogP contribution in [0.4, 0.5) is 0 Å². The van der Waals surface area contributed by atoms with Crippen molar-refractivity contribution in [2.75, 3.05) is 26.3 Å². The number of sulfonamides is 1. The second-order valence-electron chi connectivity index (χ2n) is 8.77. The zero-order chi connectivity index (χ0) is 23.5. The number of benzene rings is 2. The van der Waals surface area contributed by atoms with Crippen molar-refractivity contribution < 1.29 is 17.9 Å². The molecule has 2 saturated heterocycles. The van der Waals surface area contributed by atoms with Crippen LogP contribution in [0, 0.1) is 0 Å². The van der Waals surface area contributed by atoms with Crippen molar-refractivity contribution in [1.29, 1.82) is 0 Å². The summed E-state index contributed by atoms with van der Waals surface area (Å²) in [4.78, 5) is 5.21. The summed E-state index contributed by atoms with van der Waals surface area (Å²) in [5.41, 5.74) is 2.85. The van der Waals surface area contributed by atoms with Crippen LogP contribution < -0.4 is 4.74 Å². The number of aromatic nitrogens is 2. The Labute approximate surface area is 205 Å². The Morgan fingerprint density at radius 2 is 1.91 bits per heavy atom. The Hall–Kier alpha value is -2.07. The molecule has 0 N–H and O–H groups in total. The van der Waals surface area contributed by atoms with Gasteiger partial charge in [-0.25, -0.2) is 13.4 Å². The average Bonchev–Trinajstić information content (AvgIpc) is 3.61. The van der Waals surface area contributed by atoms with Crippen LogP contribution >= 0.6 is 11.8 Å². The van der Waals surface area contributed by atoms with Gasteiger partial charge in [0.05, 0.1) is 35.2 Å². The first-order chi connectivity index (χ1) is 16.5. The van der Waals surface area contributed by atoms with Crippen LogP contribution in [-0.2, 0) is 27.1 Å². The highest BCUT2D eigenvalue weighted by atomic mass is 32.2. The normalized spacial score (nSPS) is 19.3. The number of fused-ring (bicyclic) bond motifs is 1. The van der Waals surface area contributed by atoms with Crippen molar-refractivity contribution in [3.63, 3.8) is 0 Å². The number of ether oxygens (including phenoxy) is 2. The monoisotopic (exact) mass is 501 g/mol. The van der Waals surface area contributed by atoms with Crippen molar-refractivity contribution in [3.05, 3.63) is 48.0 Å². The van der Waals surface area contributed by atoms with E-state index in [0.29, 0.717) is 30.1 Å². The summed E-state index contributed by atoms with van der Waals surface area (Å²) in [7, 11) is -3.48. The molecule has 7 nitrogen and oxygen atoms in total. The molecule has 1 aromatic heterocycles. The second-order valence-corrected chi connectivity index (χ2v) is 11.6. The molecule has 9 heteroatoms. The molecule has 34 heavy (non-hydrogen) atoms. The van der Waals surface area contributed by atoms with E-state index in [2.05, 4.69) is 16.7 Å². The summed E-state index contributed by atoms with van der Waals surface area (Å²) in [6.45, 7) is 5.33. The van der Waals surface area contributed by atoms with Gasteiger partial charge in [0.15, 0.2) is 5.16 Å². The van der Waals surface area contributed by atoms with Crippen molar-refractivity contribution in [3.8, 4) is 5.75 Å². The van der Waals surface area contributed by atoms with Gasteiger partial charge in [0.2, 0.25) is 10.0 Å². The Balaban J connectivity index is 1.43. The highest BCUT2D eigenvalue weighted by Crippen LogP contribution is 2.31. The highest BCUT2D eigenvalue weighted by Gasteiger charge is 2.28. The Kier molecular flexibility index (Phi) is 7.15. The minimum atomic E-state index is -3.48. The lowest BCUT2D eigenvalue weighted by Crippen LogP contribution is -2.27. The predicted molar refractivity (Wildman–Crippen MR) is 134 cm³/mol. The lowest BCUT2D eigenvalue weighted by Gasteiger charge is -2.16. The number of rotatable bonds is 9. The van der Waals surface area contributed by atoms with Gasteiger partial charge in [-0.1, -0.05) is 23.9 Å². The molecular formula is C25H31N3O4S2. The maximum atomic E-state index is 13.1. The van der Waals surface area contributed by atoms with Crippen molar-refractivity contribution >= 4 is 32.8 Å². The van der Waals surface area contributed by atoms with E-state index >= 15 is 0 Å². The molecule has 2 aliphatic heterocycles. The van der Waals surface area contributed by atoms with Gasteiger partial charge < -0.3 is 14.0 Å². The third-order valence-electron chi connectivity index (χ3n) is 6.40. The molecule has 3 aromatic rings. The topological polar surface area (TPSA) is 73.7 Å². The molecule has 0 unspecified atom stereocenters. The Morgan fingerprint density at radius 3 is 2.62 bits per heavy atom. The zero-order valence-electron chi connectivity index (χ0n) is 19.5. The minimum Gasteiger partial charge on any atom is -0.494 e. The lowest BCUT2D eigenvalue weighted by molar-refractivity contribution is 0.0960. The fourth-order valence-corrected chi connectivity index (χ4v) is 7.12. The summed E-state index contributed by atoms with van der Waals surface area (Å²) in [5.74, 6) is 1.63. The van der Waals surface area contributed by atoms with Crippen LogP contribution in [0.2, 0.25) is 0 Å². The second kappa shape index (κ2) is 10.3. The Morgan fingerprint density at radius 1 is 1.12 bits per heavy atom. The van der Waals surface area contributed by atoms with E-state index in [1.165, 1.54) is 5.56 Å². The van der Waals surface area contributed by atoms with Crippen LogP contribution in [0.15, 0.2) is 52.5 Å². The van der Waals surface area contributed by atoms with Gasteiger partial charge in [-0.3, -0.25) is 0 Å². The van der Waals surface area contributed by atoms with Crippen LogP contribution in [0.25, 0.3) is 11.0 Å². The summed E-state index contributed by atoms with van der Waals surface area (Å²) in [6, 6.07) is 13.5. The van der Waals surface area contributed by atoms with Crippen molar-refractivity contribution in [1.82, 2.24) is 13.9 Å². The first-order valence-corrected chi connectivity index (χ1v) is 14.4. The van der Waals surface area contributed by atoms with Gasteiger partial charge in [0.1, 0.15) is 5.75 Å². The first kappa shape index (κ1) is 23.7. The molecule has 0 spiro atoms. The molecule has 5 rings (SSSR count). The summed E-state index contributed by atoms with van der Waals surface area (Å²) < 4.78 is 41.4. The number of hydrogen-bond acceptors (Lipinski definition) is 6. The third-order valence-corrected chi connectivity index (χ3v) is 9.34. The van der Waals surface area contributed by atoms with Gasteiger partial charge in [-0.05, 0) is 68.5 Å². The molecule has 2 aliphatic rings. The SMILES string of the molecule is CCOc1ccc(CSc2nc3cc(S(=O)(=O)N4CCCC4)ccc3n2C[C@@H]2CCCO2)cc1. The lowest BCUT2D eigenvalue weighted by atomic mass is 10.2. The van der Waals surface area contributed by atoms with Crippen LogP contribution in [-0.4, -0.2) is 54.7 Å². The van der Waals surface area contributed by atoms with Gasteiger partial charge in [0, 0.05) is 25.4 Å². The maximum absolute atomic E-state index is 13.1. The predicted octanol–water partition coefficient (Wildman–Crippen LogP) is 4.69. The molecule has 0 aliphatic carbocycles. The summed E-state index contributed by atoms with van der Waals surface area (Å²) in [6.07, 6.45) is 4.11. The van der Waals surface area contributed by atoms with Crippen molar-refractivity contribution in [2.24, 2.45) is 0 Å². The van der Waals surface area contributed by atoms with Gasteiger partial charge in [0.25, 0.3) is 0 Å². The fraction of sp³-hybridized carbons (Fsp3) is 0.480. The number of nitrogens with zero attached hydrogens (tertiary/aromatic N) is 3. The Bertz CT molecular complexity index is 1230. The van der Waals surface area contributed by atoms with Gasteiger partial charge >= 0.3 is 0 Å². The highest BCUT2D eigenvalue weighted by molar-refractivity contribution is 7.98. The quantitative estimate of drug-likeness (QED) is 0.396. The maximum Gasteiger partial charge on any atom is 0.243 e. The molecule has 182 valence electrons. The van der Waals surface area contributed by atoms with E-state index in [9.17, 15) is 8.42 Å². The largest absolute Gasteiger partial charge is 0.494 e. The third kappa shape index (κ3) is 4.98. The number of hydrogen-bond donors (Lipinski definition) is 0. The van der Waals surface area contributed by atoms with Crippen LogP contribution in [0.1, 0.15) is 38.2 Å². The van der Waals surface area contributed by atoms with E-state index in [4.69, 9.17) is 14.5 Å². The number of thioether (sulfide) groups is 1. The molecule has 2 fully saturated rings. The standard InChI is InChI=1S/C25H31N3O4S2/c1-2-31-20-9-7-19(8-10-20)18-33-25-26-23-16-22(34(29,30)27-13-3-4-14-27)11-12-24(23)28(25)17-21-6-5-15-32-21/h7-12,16,21H,2-6,13-15,17-18H2,1H3/t21-/m0/s1. The summed E-state index contributed by atoms with van der Waals surface area (Å²) in [5, 5.41) is 0.884. The molecule has 0 amide bonds. The molecule has 3 heterocycles. The van der Waals surface area contributed by atoms with Crippen molar-refractivity contribution in [2.45, 2.75) is 61.1 Å². The van der Waals surface area contributed by atoms with E-state index in [1.807, 2.05) is 25.1 Å². The first-order valence-electron chi connectivity index (χ1n) is 12.0. The molecule has 2 aromatic carbocycles. The van der Waals surface area contributed by atoms with E-state index in [-0.39, 0.29) is 6.10 Å². The molecule has 0 bridgehead atoms. The zero-order valence-corrected chi connectivity index (χ0v) is 21.1. The summed E-state index contributed by atoms with van der Waals surface area (Å²) >= 11 is 1.66. The fourth-order valence-electron chi connectivity index (χ4n) is 4.60. The van der Waals surface area contributed by atoms with E-state index in [0.717, 1.165) is 61.0 Å². The van der Waals surface area contributed by atoms with Crippen LogP contribution in [0.5, 0.6) is 5.75 Å². The smallest absolute Gasteiger partial charge is 0.243 e. The molecule has 1 atom stereocenters.